The molecule has 4 heterocycles. The number of nitrogens with zero attached hydrogens (tertiary/aromatic N) is 4. The summed E-state index contributed by atoms with van der Waals surface area (Å²) in [6.07, 6.45) is -0.542. The highest BCUT2D eigenvalue weighted by Gasteiger charge is 2.62. The fourth-order valence-electron chi connectivity index (χ4n) is 4.63. The third kappa shape index (κ3) is 6.08. The van der Waals surface area contributed by atoms with Gasteiger partial charge in [-0.2, -0.15) is 9.97 Å². The number of aliphatic hydroxyl groups is 1. The summed E-state index contributed by atoms with van der Waals surface area (Å²) < 4.78 is 36.8. The van der Waals surface area contributed by atoms with Gasteiger partial charge in [-0.05, 0) is 25.0 Å². The van der Waals surface area contributed by atoms with Crippen LogP contribution in [0.15, 0.2) is 36.7 Å². The Morgan fingerprint density at radius 2 is 2.05 bits per heavy atom. The van der Waals surface area contributed by atoms with Crippen molar-refractivity contribution in [3.05, 3.63) is 36.7 Å². The number of nitrogens with one attached hydrogen (secondary N) is 1. The van der Waals surface area contributed by atoms with Gasteiger partial charge in [-0.15, -0.1) is 0 Å². The number of ether oxygens (including phenoxy) is 4. The van der Waals surface area contributed by atoms with Crippen molar-refractivity contribution in [1.82, 2.24) is 24.6 Å². The number of methoxy groups -OCH3 is 1. The van der Waals surface area contributed by atoms with E-state index < -0.39 is 44.6 Å². The smallest absolute Gasteiger partial charge is 0.323 e. The lowest BCUT2D eigenvalue weighted by molar-refractivity contribution is -0.225. The van der Waals surface area contributed by atoms with Gasteiger partial charge in [-0.3, -0.25) is 9.36 Å². The van der Waals surface area contributed by atoms with Gasteiger partial charge in [0.25, 0.3) is 0 Å². The van der Waals surface area contributed by atoms with Gasteiger partial charge in [0, 0.05) is 6.42 Å². The number of nitrogen functional groups attached to an aromatic ring is 1. The lowest BCUT2D eigenvalue weighted by Crippen LogP contribution is -2.56. The molecule has 0 amide bonds. The molecule has 4 N–H and O–H groups in total. The van der Waals surface area contributed by atoms with Crippen LogP contribution in [0.3, 0.4) is 0 Å². The fourth-order valence-corrected chi connectivity index (χ4v) is 5.82. The van der Waals surface area contributed by atoms with Crippen molar-refractivity contribution in [3.63, 3.8) is 0 Å². The molecule has 222 valence electrons. The minimum Gasteiger partial charge on any atom is -0.479 e. The van der Waals surface area contributed by atoms with Crippen molar-refractivity contribution >= 4 is 31.6 Å². The van der Waals surface area contributed by atoms with E-state index >= 15 is 0 Å². The first-order valence-corrected chi connectivity index (χ1v) is 14.5. The average Bonchev–Trinajstić information content (AvgIpc) is 3.48. The number of para-hydroxylation sites is 1. The summed E-state index contributed by atoms with van der Waals surface area (Å²) in [4.78, 5) is 25.3. The van der Waals surface area contributed by atoms with Crippen LogP contribution in [0.25, 0.3) is 11.2 Å². The van der Waals surface area contributed by atoms with Gasteiger partial charge in [-0.25, -0.2) is 10.1 Å². The molecule has 6 atom stereocenters. The number of hydrogen-bond donors (Lipinski definition) is 3. The summed E-state index contributed by atoms with van der Waals surface area (Å²) in [5, 5.41) is 14.5. The molecule has 2 fully saturated rings. The molecule has 1 aromatic carbocycles. The van der Waals surface area contributed by atoms with Gasteiger partial charge in [0.2, 0.25) is 11.8 Å². The Labute approximate surface area is 238 Å². The Kier molecular flexibility index (Phi) is 8.88. The quantitative estimate of drug-likeness (QED) is 0.207. The maximum Gasteiger partial charge on any atom is 0.323 e. The first-order chi connectivity index (χ1) is 19.7. The predicted octanol–water partition coefficient (Wildman–Crippen LogP) is 2.33. The molecule has 1 spiro atoms. The van der Waals surface area contributed by atoms with Crippen LogP contribution >= 0.6 is 8.53 Å². The number of rotatable bonds is 12. The second kappa shape index (κ2) is 12.4. The first-order valence-electron chi connectivity index (χ1n) is 13.3. The molecule has 0 saturated carbocycles. The number of imidazole rings is 1. The Morgan fingerprint density at radius 1 is 1.29 bits per heavy atom. The second-order valence-corrected chi connectivity index (χ2v) is 11.5. The Hall–Kier alpha value is -3.13. The van der Waals surface area contributed by atoms with Crippen LogP contribution in [-0.2, 0) is 23.5 Å². The number of benzene rings is 1. The van der Waals surface area contributed by atoms with Crippen LogP contribution in [0.1, 0.15) is 33.4 Å². The zero-order valence-corrected chi connectivity index (χ0v) is 24.2. The summed E-state index contributed by atoms with van der Waals surface area (Å²) in [5.74, 6) is 0.567. The van der Waals surface area contributed by atoms with Crippen LogP contribution in [0, 0.1) is 5.92 Å². The average molecular weight is 591 g/mol. The summed E-state index contributed by atoms with van der Waals surface area (Å²) in [6, 6.07) is 8.38. The lowest BCUT2D eigenvalue weighted by Gasteiger charge is -2.44. The van der Waals surface area contributed by atoms with Crippen LogP contribution in [0.2, 0.25) is 0 Å². The minimum atomic E-state index is -1.84. The maximum atomic E-state index is 12.5. The molecule has 15 heteroatoms. The zero-order chi connectivity index (χ0) is 29.1. The number of anilines is 1. The second-order valence-electron chi connectivity index (χ2n) is 10.3. The molecule has 14 nitrogen and oxygen atoms in total. The summed E-state index contributed by atoms with van der Waals surface area (Å²) in [7, 11) is -0.374. The number of carbonyl (C=O) groups is 1. The number of aromatic nitrogens is 4. The molecule has 5 rings (SSSR count). The third-order valence-corrected chi connectivity index (χ3v) is 8.15. The van der Waals surface area contributed by atoms with E-state index in [0.717, 1.165) is 0 Å². The standard InChI is InChI=1S/C26H35N6O8P/c1-15(2)12-36-23(34)16(3)31-41(40-17-8-6-5-7-9-17)38-13-18-20(33)26(10-11-37-26)24(39-18)32-14-28-19-21(32)29-25(27)30-22(19)35-4/h5-9,14-16,18,20,24,31,33H,10-13H2,1-4H3,(H2,27,29,30)/t16-,18?,20+,24?,26+,41?/m0/s1. The van der Waals surface area contributed by atoms with Crippen LogP contribution in [-0.4, -0.2) is 81.4 Å². The zero-order valence-electron chi connectivity index (χ0n) is 23.3. The fraction of sp³-hybridized carbons (Fsp3) is 0.538. The normalized spacial score (nSPS) is 25.3. The molecule has 3 aromatic rings. The van der Waals surface area contributed by atoms with Crippen molar-refractivity contribution in [3.8, 4) is 11.6 Å². The molecular formula is C26H35N6O8P. The van der Waals surface area contributed by atoms with Crippen molar-refractivity contribution < 1.29 is 37.9 Å². The van der Waals surface area contributed by atoms with Crippen molar-refractivity contribution in [2.45, 2.75) is 57.3 Å². The highest BCUT2D eigenvalue weighted by Crippen LogP contribution is 2.50. The molecule has 0 radical (unpaired) electrons. The molecule has 3 unspecified atom stereocenters. The number of carbonyl (C=O) groups excluding carboxylic acids is 1. The molecule has 0 aliphatic carbocycles. The molecule has 2 aliphatic heterocycles. The van der Waals surface area contributed by atoms with Crippen molar-refractivity contribution in [2.75, 3.05) is 32.7 Å². The minimum absolute atomic E-state index is 0.00826. The van der Waals surface area contributed by atoms with E-state index in [0.29, 0.717) is 36.5 Å². The van der Waals surface area contributed by atoms with Gasteiger partial charge >= 0.3 is 14.5 Å². The van der Waals surface area contributed by atoms with E-state index in [9.17, 15) is 9.90 Å². The predicted molar refractivity (Wildman–Crippen MR) is 148 cm³/mol. The van der Waals surface area contributed by atoms with Crippen LogP contribution < -0.4 is 20.1 Å². The Morgan fingerprint density at radius 3 is 2.71 bits per heavy atom. The maximum absolute atomic E-state index is 12.5. The van der Waals surface area contributed by atoms with Crippen molar-refractivity contribution in [1.29, 1.82) is 0 Å². The highest BCUT2D eigenvalue weighted by atomic mass is 31.2. The van der Waals surface area contributed by atoms with E-state index in [1.807, 2.05) is 32.0 Å². The Balaban J connectivity index is 1.33. The highest BCUT2D eigenvalue weighted by molar-refractivity contribution is 7.45. The van der Waals surface area contributed by atoms with Gasteiger partial charge in [-0.1, -0.05) is 32.0 Å². The lowest BCUT2D eigenvalue weighted by atomic mass is 9.86. The summed E-state index contributed by atoms with van der Waals surface area (Å²) in [5.41, 5.74) is 5.64. The molecule has 2 saturated heterocycles. The topological polar surface area (TPSA) is 174 Å². The van der Waals surface area contributed by atoms with Gasteiger partial charge in [0.1, 0.15) is 29.6 Å². The molecule has 41 heavy (non-hydrogen) atoms. The van der Waals surface area contributed by atoms with Crippen LogP contribution in [0.5, 0.6) is 11.6 Å². The van der Waals surface area contributed by atoms with Crippen LogP contribution in [0.4, 0.5) is 5.95 Å². The monoisotopic (exact) mass is 590 g/mol. The Bertz CT molecular complexity index is 1340. The van der Waals surface area contributed by atoms with Gasteiger partial charge in [0.15, 0.2) is 17.4 Å². The molecule has 2 aromatic heterocycles. The van der Waals surface area contributed by atoms with E-state index in [2.05, 4.69) is 20.0 Å². The third-order valence-electron chi connectivity index (χ3n) is 6.79. The van der Waals surface area contributed by atoms with E-state index in [-0.39, 0.29) is 24.4 Å². The first kappa shape index (κ1) is 29.4. The van der Waals surface area contributed by atoms with Crippen molar-refractivity contribution in [2.24, 2.45) is 5.92 Å². The van der Waals surface area contributed by atoms with Gasteiger partial charge in [0.05, 0.1) is 33.3 Å². The molecule has 2 aliphatic rings. The molecule has 0 bridgehead atoms. The van der Waals surface area contributed by atoms with E-state index in [4.69, 9.17) is 33.7 Å². The number of hydrogen-bond acceptors (Lipinski definition) is 13. The summed E-state index contributed by atoms with van der Waals surface area (Å²) >= 11 is 0. The number of aliphatic hydroxyl groups excluding tert-OH is 1. The number of esters is 1. The SMILES string of the molecule is COc1nc(N)nc2c1ncn2C1OC(COP(N[C@@H](C)C(=O)OCC(C)C)Oc2ccccc2)[C@@H](O)[C@]12CCO2. The van der Waals surface area contributed by atoms with Gasteiger partial charge < -0.3 is 38.8 Å². The largest absolute Gasteiger partial charge is 0.479 e. The van der Waals surface area contributed by atoms with E-state index in [1.54, 1.807) is 23.6 Å². The number of nitrogens with two attached hydrogens (primary N) is 1. The molecular weight excluding hydrogens is 555 g/mol. The summed E-state index contributed by atoms with van der Waals surface area (Å²) in [6.45, 7) is 6.30. The van der Waals surface area contributed by atoms with E-state index in [1.165, 1.54) is 13.4 Å². The number of fused-ring (bicyclic) bond motifs is 1.